The third kappa shape index (κ3) is 10.2. The van der Waals surface area contributed by atoms with Gasteiger partial charge in [0, 0.05) is 65.5 Å². The molecule has 2 N–H and O–H groups in total. The molecule has 26 heavy (non-hydrogen) atoms. The molecule has 2 aliphatic rings. The molecular formula is C18H38IN5O2. The highest BCUT2D eigenvalue weighted by Gasteiger charge is 2.28. The lowest BCUT2D eigenvalue weighted by Crippen LogP contribution is -2.43. The monoisotopic (exact) mass is 483 g/mol. The van der Waals surface area contributed by atoms with Gasteiger partial charge in [0.05, 0.1) is 19.8 Å². The molecule has 154 valence electrons. The van der Waals surface area contributed by atoms with Crippen molar-refractivity contribution in [2.45, 2.75) is 32.2 Å². The van der Waals surface area contributed by atoms with Gasteiger partial charge in [-0.2, -0.15) is 0 Å². The molecule has 1 aliphatic heterocycles. The van der Waals surface area contributed by atoms with E-state index in [-0.39, 0.29) is 24.0 Å². The number of nitrogens with zero attached hydrogens (tertiary/aromatic N) is 3. The SMILES string of the molecule is CCNC(=NCCCN1CCOCC1)NCCN(CCOC)C1CC1.I. The fourth-order valence-corrected chi connectivity index (χ4v) is 3.09. The summed E-state index contributed by atoms with van der Waals surface area (Å²) in [5, 5.41) is 6.82. The summed E-state index contributed by atoms with van der Waals surface area (Å²) in [5.41, 5.74) is 0. The second-order valence-corrected chi connectivity index (χ2v) is 6.75. The number of methoxy groups -OCH3 is 1. The molecular weight excluding hydrogens is 445 g/mol. The third-order valence-electron chi connectivity index (χ3n) is 4.69. The summed E-state index contributed by atoms with van der Waals surface area (Å²) in [6.45, 7) is 12.6. The van der Waals surface area contributed by atoms with Crippen LogP contribution in [0.3, 0.4) is 0 Å². The lowest BCUT2D eigenvalue weighted by Gasteiger charge is -2.26. The molecule has 1 aliphatic carbocycles. The molecule has 0 spiro atoms. The van der Waals surface area contributed by atoms with Gasteiger partial charge in [0.15, 0.2) is 5.96 Å². The molecule has 7 nitrogen and oxygen atoms in total. The number of morpholine rings is 1. The summed E-state index contributed by atoms with van der Waals surface area (Å²) in [6, 6.07) is 0.769. The van der Waals surface area contributed by atoms with Crippen LogP contribution < -0.4 is 10.6 Å². The minimum atomic E-state index is 0. The van der Waals surface area contributed by atoms with E-state index < -0.39 is 0 Å². The third-order valence-corrected chi connectivity index (χ3v) is 4.69. The van der Waals surface area contributed by atoms with Gasteiger partial charge >= 0.3 is 0 Å². The van der Waals surface area contributed by atoms with Crippen molar-refractivity contribution in [3.63, 3.8) is 0 Å². The van der Waals surface area contributed by atoms with E-state index in [9.17, 15) is 0 Å². The smallest absolute Gasteiger partial charge is 0.191 e. The van der Waals surface area contributed by atoms with Crippen LogP contribution in [0.2, 0.25) is 0 Å². The molecule has 0 amide bonds. The first-order valence-corrected chi connectivity index (χ1v) is 9.88. The molecule has 0 aromatic rings. The zero-order valence-electron chi connectivity index (χ0n) is 16.5. The van der Waals surface area contributed by atoms with Crippen molar-refractivity contribution in [2.24, 2.45) is 4.99 Å². The Morgan fingerprint density at radius 1 is 1.23 bits per heavy atom. The van der Waals surface area contributed by atoms with E-state index in [0.29, 0.717) is 0 Å². The Balaban J connectivity index is 0.00000338. The number of ether oxygens (including phenoxy) is 2. The molecule has 1 saturated carbocycles. The van der Waals surface area contributed by atoms with Gasteiger partial charge in [0.1, 0.15) is 0 Å². The zero-order chi connectivity index (χ0) is 17.7. The van der Waals surface area contributed by atoms with Crippen molar-refractivity contribution in [1.82, 2.24) is 20.4 Å². The lowest BCUT2D eigenvalue weighted by molar-refractivity contribution is 0.0377. The van der Waals surface area contributed by atoms with Gasteiger partial charge in [0.25, 0.3) is 0 Å². The topological polar surface area (TPSA) is 61.4 Å². The van der Waals surface area contributed by atoms with Gasteiger partial charge in [-0.1, -0.05) is 0 Å². The van der Waals surface area contributed by atoms with E-state index in [1.165, 1.54) is 12.8 Å². The van der Waals surface area contributed by atoms with Crippen molar-refractivity contribution in [3.8, 4) is 0 Å². The molecule has 0 aromatic carbocycles. The highest BCUT2D eigenvalue weighted by Crippen LogP contribution is 2.25. The van der Waals surface area contributed by atoms with E-state index >= 15 is 0 Å². The Kier molecular flexibility index (Phi) is 13.6. The molecule has 0 aromatic heterocycles. The predicted octanol–water partition coefficient (Wildman–Crippen LogP) is 0.993. The molecule has 0 atom stereocenters. The fourth-order valence-electron chi connectivity index (χ4n) is 3.09. The highest BCUT2D eigenvalue weighted by molar-refractivity contribution is 14.0. The average molecular weight is 483 g/mol. The van der Waals surface area contributed by atoms with Crippen LogP contribution in [-0.4, -0.2) is 101 Å². The van der Waals surface area contributed by atoms with Gasteiger partial charge < -0.3 is 20.1 Å². The Morgan fingerprint density at radius 3 is 2.65 bits per heavy atom. The van der Waals surface area contributed by atoms with Crippen LogP contribution >= 0.6 is 24.0 Å². The summed E-state index contributed by atoms with van der Waals surface area (Å²) >= 11 is 0. The van der Waals surface area contributed by atoms with Crippen molar-refractivity contribution >= 4 is 29.9 Å². The second-order valence-electron chi connectivity index (χ2n) is 6.75. The maximum atomic E-state index is 5.38. The molecule has 1 saturated heterocycles. The summed E-state index contributed by atoms with van der Waals surface area (Å²) in [4.78, 5) is 9.70. The lowest BCUT2D eigenvalue weighted by atomic mass is 10.3. The number of rotatable bonds is 12. The van der Waals surface area contributed by atoms with Crippen LogP contribution in [0, 0.1) is 0 Å². The van der Waals surface area contributed by atoms with E-state index in [4.69, 9.17) is 14.5 Å². The van der Waals surface area contributed by atoms with Crippen LogP contribution in [0.15, 0.2) is 4.99 Å². The Hall–Kier alpha value is -0.160. The maximum absolute atomic E-state index is 5.38. The van der Waals surface area contributed by atoms with Gasteiger partial charge in [-0.15, -0.1) is 24.0 Å². The summed E-state index contributed by atoms with van der Waals surface area (Å²) < 4.78 is 10.6. The maximum Gasteiger partial charge on any atom is 0.191 e. The largest absolute Gasteiger partial charge is 0.383 e. The number of aliphatic imine (C=N–C) groups is 1. The van der Waals surface area contributed by atoms with E-state index in [2.05, 4.69) is 27.4 Å². The normalized spacial score (nSPS) is 18.7. The van der Waals surface area contributed by atoms with Gasteiger partial charge in [-0.25, -0.2) is 0 Å². The Bertz CT molecular complexity index is 377. The van der Waals surface area contributed by atoms with Gasteiger partial charge in [-0.05, 0) is 26.2 Å². The van der Waals surface area contributed by atoms with Gasteiger partial charge in [-0.3, -0.25) is 14.8 Å². The van der Waals surface area contributed by atoms with E-state index in [1.54, 1.807) is 7.11 Å². The number of guanidine groups is 1. The van der Waals surface area contributed by atoms with Crippen LogP contribution in [0.25, 0.3) is 0 Å². The second kappa shape index (κ2) is 14.8. The summed E-state index contributed by atoms with van der Waals surface area (Å²) in [6.07, 6.45) is 3.76. The molecule has 0 radical (unpaired) electrons. The Morgan fingerprint density at radius 2 is 2.00 bits per heavy atom. The number of hydrogen-bond acceptors (Lipinski definition) is 5. The van der Waals surface area contributed by atoms with Crippen molar-refractivity contribution in [2.75, 3.05) is 79.3 Å². The predicted molar refractivity (Wildman–Crippen MR) is 118 cm³/mol. The van der Waals surface area contributed by atoms with Crippen molar-refractivity contribution in [1.29, 1.82) is 0 Å². The van der Waals surface area contributed by atoms with Crippen LogP contribution in [0.4, 0.5) is 0 Å². The molecule has 0 bridgehead atoms. The van der Waals surface area contributed by atoms with Crippen molar-refractivity contribution in [3.05, 3.63) is 0 Å². The molecule has 0 unspecified atom stereocenters. The van der Waals surface area contributed by atoms with E-state index in [0.717, 1.165) is 90.6 Å². The summed E-state index contributed by atoms with van der Waals surface area (Å²) in [7, 11) is 1.77. The van der Waals surface area contributed by atoms with Crippen molar-refractivity contribution < 1.29 is 9.47 Å². The quantitative estimate of drug-likeness (QED) is 0.187. The summed E-state index contributed by atoms with van der Waals surface area (Å²) in [5.74, 6) is 0.937. The first kappa shape index (κ1) is 23.9. The van der Waals surface area contributed by atoms with Crippen LogP contribution in [0.5, 0.6) is 0 Å². The Labute approximate surface area is 176 Å². The fraction of sp³-hybridized carbons (Fsp3) is 0.944. The number of nitrogens with one attached hydrogen (secondary N) is 2. The van der Waals surface area contributed by atoms with Crippen LogP contribution in [-0.2, 0) is 9.47 Å². The first-order valence-electron chi connectivity index (χ1n) is 9.88. The minimum Gasteiger partial charge on any atom is -0.383 e. The molecule has 2 rings (SSSR count). The average Bonchev–Trinajstić information content (AvgIpc) is 3.47. The molecule has 2 fully saturated rings. The minimum absolute atomic E-state index is 0. The number of hydrogen-bond donors (Lipinski definition) is 2. The standard InChI is InChI=1S/C18H37N5O2.HI/c1-3-19-18(20-7-4-9-22-11-15-25-16-12-22)21-8-10-23(13-14-24-2)17-5-6-17;/h17H,3-16H2,1-2H3,(H2,19,20,21);1H. The van der Waals surface area contributed by atoms with Gasteiger partial charge in [0.2, 0.25) is 0 Å². The first-order chi connectivity index (χ1) is 12.3. The highest BCUT2D eigenvalue weighted by atomic mass is 127. The van der Waals surface area contributed by atoms with E-state index in [1.807, 2.05) is 0 Å². The molecule has 8 heteroatoms. The number of halogens is 1. The zero-order valence-corrected chi connectivity index (χ0v) is 18.9. The molecule has 1 heterocycles. The van der Waals surface area contributed by atoms with Crippen LogP contribution in [0.1, 0.15) is 26.2 Å².